The van der Waals surface area contributed by atoms with Gasteiger partial charge in [0.2, 0.25) is 0 Å². The van der Waals surface area contributed by atoms with Crippen molar-refractivity contribution in [3.8, 4) is 0 Å². The van der Waals surface area contributed by atoms with Crippen LogP contribution in [0.5, 0.6) is 0 Å². The molecule has 0 atom stereocenters. The van der Waals surface area contributed by atoms with E-state index in [0.717, 1.165) is 22.1 Å². The van der Waals surface area contributed by atoms with E-state index < -0.39 is 0 Å². The van der Waals surface area contributed by atoms with Crippen LogP contribution in [-0.4, -0.2) is 24.3 Å². The van der Waals surface area contributed by atoms with Crippen molar-refractivity contribution in [2.45, 2.75) is 13.5 Å². The smallest absolute Gasteiger partial charge is 0.177 e. The van der Waals surface area contributed by atoms with Crippen LogP contribution in [0.1, 0.15) is 21.5 Å². The van der Waals surface area contributed by atoms with E-state index in [1.54, 1.807) is 0 Å². The summed E-state index contributed by atoms with van der Waals surface area (Å²) in [5, 5.41) is 0. The molecule has 104 valence electrons. The van der Waals surface area contributed by atoms with Crippen molar-refractivity contribution < 1.29 is 4.79 Å². The Morgan fingerprint density at radius 3 is 2.60 bits per heavy atom. The van der Waals surface area contributed by atoms with Gasteiger partial charge in [0.1, 0.15) is 0 Å². The first-order valence-electron chi connectivity index (χ1n) is 6.58. The minimum atomic E-state index is 0.167. The topological polar surface area (TPSA) is 20.3 Å². The highest BCUT2D eigenvalue weighted by Crippen LogP contribution is 2.14. The maximum Gasteiger partial charge on any atom is 0.177 e. The molecule has 0 unspecified atom stereocenters. The molecule has 2 aromatic rings. The lowest BCUT2D eigenvalue weighted by molar-refractivity contribution is 0.0942. The fraction of sp³-hybridized carbons (Fsp3) is 0.235. The molecule has 3 heteroatoms. The number of carbonyl (C=O) groups excluding carboxylic acids is 1. The number of likely N-dealkylation sites (N-methyl/N-ethyl adjacent to an activating group) is 1. The monoisotopic (exact) mass is 331 g/mol. The molecule has 0 aliphatic carbocycles. The molecule has 0 radical (unpaired) electrons. The largest absolute Gasteiger partial charge is 0.295 e. The molecule has 0 aromatic heterocycles. The summed E-state index contributed by atoms with van der Waals surface area (Å²) >= 11 is 3.46. The lowest BCUT2D eigenvalue weighted by Crippen LogP contribution is -2.26. The van der Waals surface area contributed by atoms with Crippen LogP contribution in [0.4, 0.5) is 0 Å². The number of Topliss-reactive ketones (excluding diaryl/α,β-unsaturated/α-hetero) is 1. The summed E-state index contributed by atoms with van der Waals surface area (Å²) in [4.78, 5) is 14.3. The first kappa shape index (κ1) is 14.9. The van der Waals surface area contributed by atoms with E-state index in [1.165, 1.54) is 5.56 Å². The Hall–Kier alpha value is -1.45. The Balaban J connectivity index is 2.00. The summed E-state index contributed by atoms with van der Waals surface area (Å²) in [5.41, 5.74) is 3.04. The number of rotatable bonds is 5. The molecular formula is C17H18BrNO. The molecule has 2 rings (SSSR count). The molecule has 0 spiro atoms. The van der Waals surface area contributed by atoms with Crippen LogP contribution < -0.4 is 0 Å². The highest BCUT2D eigenvalue weighted by atomic mass is 79.9. The van der Waals surface area contributed by atoms with Crippen molar-refractivity contribution in [2.24, 2.45) is 0 Å². The van der Waals surface area contributed by atoms with Gasteiger partial charge in [0.05, 0.1) is 6.54 Å². The standard InChI is InChI=1S/C17H18BrNO/c1-13-6-3-4-9-16(13)17(20)12-19(2)11-14-7-5-8-15(18)10-14/h3-10H,11-12H2,1-2H3. The lowest BCUT2D eigenvalue weighted by atomic mass is 10.0. The Bertz CT molecular complexity index is 609. The zero-order valence-corrected chi connectivity index (χ0v) is 13.4. The minimum absolute atomic E-state index is 0.167. The van der Waals surface area contributed by atoms with E-state index in [9.17, 15) is 4.79 Å². The van der Waals surface area contributed by atoms with Crippen LogP contribution in [0.15, 0.2) is 53.0 Å². The number of halogens is 1. The maximum atomic E-state index is 12.3. The molecule has 0 saturated heterocycles. The van der Waals surface area contributed by atoms with E-state index in [1.807, 2.05) is 55.3 Å². The molecule has 20 heavy (non-hydrogen) atoms. The van der Waals surface area contributed by atoms with Crippen LogP contribution in [0.25, 0.3) is 0 Å². The highest BCUT2D eigenvalue weighted by Gasteiger charge is 2.11. The summed E-state index contributed by atoms with van der Waals surface area (Å²) in [6.45, 7) is 3.16. The average Bonchev–Trinajstić information content (AvgIpc) is 2.38. The molecule has 0 aliphatic rings. The van der Waals surface area contributed by atoms with Gasteiger partial charge in [-0.1, -0.05) is 52.3 Å². The third kappa shape index (κ3) is 4.02. The number of ketones is 1. The number of hydrogen-bond acceptors (Lipinski definition) is 2. The summed E-state index contributed by atoms with van der Waals surface area (Å²) in [7, 11) is 1.97. The summed E-state index contributed by atoms with van der Waals surface area (Å²) < 4.78 is 1.06. The van der Waals surface area contributed by atoms with Crippen LogP contribution in [-0.2, 0) is 6.54 Å². The molecule has 2 nitrogen and oxygen atoms in total. The van der Waals surface area contributed by atoms with Gasteiger partial charge in [-0.3, -0.25) is 9.69 Å². The number of nitrogens with zero attached hydrogens (tertiary/aromatic N) is 1. The summed E-state index contributed by atoms with van der Waals surface area (Å²) in [5.74, 6) is 0.167. The number of aryl methyl sites for hydroxylation is 1. The van der Waals surface area contributed by atoms with Crippen molar-refractivity contribution in [3.05, 3.63) is 69.7 Å². The molecule has 0 saturated carbocycles. The van der Waals surface area contributed by atoms with Gasteiger partial charge in [-0.25, -0.2) is 0 Å². The third-order valence-corrected chi connectivity index (χ3v) is 3.69. The van der Waals surface area contributed by atoms with Gasteiger partial charge in [0.15, 0.2) is 5.78 Å². The normalized spacial score (nSPS) is 10.8. The number of benzene rings is 2. The van der Waals surface area contributed by atoms with Gasteiger partial charge in [-0.15, -0.1) is 0 Å². The van der Waals surface area contributed by atoms with Crippen LogP contribution >= 0.6 is 15.9 Å². The number of hydrogen-bond donors (Lipinski definition) is 0. The summed E-state index contributed by atoms with van der Waals surface area (Å²) in [6.07, 6.45) is 0. The highest BCUT2D eigenvalue weighted by molar-refractivity contribution is 9.10. The van der Waals surface area contributed by atoms with Gasteiger partial charge in [-0.05, 0) is 37.2 Å². The molecule has 0 heterocycles. The molecule has 0 aliphatic heterocycles. The number of carbonyl (C=O) groups is 1. The van der Waals surface area contributed by atoms with Crippen molar-refractivity contribution >= 4 is 21.7 Å². The fourth-order valence-corrected chi connectivity index (χ4v) is 2.67. The van der Waals surface area contributed by atoms with Gasteiger partial charge < -0.3 is 0 Å². The van der Waals surface area contributed by atoms with Crippen LogP contribution in [0.3, 0.4) is 0 Å². The zero-order valence-electron chi connectivity index (χ0n) is 11.8. The Morgan fingerprint density at radius 2 is 1.90 bits per heavy atom. The first-order valence-corrected chi connectivity index (χ1v) is 7.37. The van der Waals surface area contributed by atoms with Gasteiger partial charge >= 0.3 is 0 Å². The second-order valence-electron chi connectivity index (χ2n) is 5.04. The van der Waals surface area contributed by atoms with Crippen molar-refractivity contribution in [3.63, 3.8) is 0 Å². The van der Waals surface area contributed by atoms with Crippen LogP contribution in [0.2, 0.25) is 0 Å². The molecule has 0 amide bonds. The van der Waals surface area contributed by atoms with Crippen molar-refractivity contribution in [1.29, 1.82) is 0 Å². The third-order valence-electron chi connectivity index (χ3n) is 3.20. The lowest BCUT2D eigenvalue weighted by Gasteiger charge is -2.16. The Labute approximate surface area is 128 Å². The average molecular weight is 332 g/mol. The maximum absolute atomic E-state index is 12.3. The SMILES string of the molecule is Cc1ccccc1C(=O)CN(C)Cc1cccc(Br)c1. The second kappa shape index (κ2) is 6.82. The van der Waals surface area contributed by atoms with E-state index in [-0.39, 0.29) is 5.78 Å². The van der Waals surface area contributed by atoms with Gasteiger partial charge in [-0.2, -0.15) is 0 Å². The van der Waals surface area contributed by atoms with Gasteiger partial charge in [0.25, 0.3) is 0 Å². The first-order chi connectivity index (χ1) is 9.56. The van der Waals surface area contributed by atoms with Crippen molar-refractivity contribution in [2.75, 3.05) is 13.6 Å². The second-order valence-corrected chi connectivity index (χ2v) is 5.96. The fourth-order valence-electron chi connectivity index (χ4n) is 2.22. The minimum Gasteiger partial charge on any atom is -0.295 e. The molecule has 0 N–H and O–H groups in total. The Morgan fingerprint density at radius 1 is 1.15 bits per heavy atom. The van der Waals surface area contributed by atoms with E-state index >= 15 is 0 Å². The van der Waals surface area contributed by atoms with Crippen molar-refractivity contribution in [1.82, 2.24) is 4.90 Å². The molecule has 0 fully saturated rings. The molecular weight excluding hydrogens is 314 g/mol. The van der Waals surface area contributed by atoms with E-state index in [0.29, 0.717) is 6.54 Å². The van der Waals surface area contributed by atoms with E-state index in [2.05, 4.69) is 28.1 Å². The van der Waals surface area contributed by atoms with Crippen LogP contribution in [0, 0.1) is 6.92 Å². The predicted octanol–water partition coefficient (Wildman–Crippen LogP) is 4.07. The summed E-state index contributed by atoms with van der Waals surface area (Å²) in [6, 6.07) is 15.9. The molecule has 0 bridgehead atoms. The zero-order chi connectivity index (χ0) is 14.5. The quantitative estimate of drug-likeness (QED) is 0.769. The predicted molar refractivity (Wildman–Crippen MR) is 86.0 cm³/mol. The Kier molecular flexibility index (Phi) is 5.10. The molecule has 2 aromatic carbocycles. The van der Waals surface area contributed by atoms with E-state index in [4.69, 9.17) is 0 Å². The van der Waals surface area contributed by atoms with Gasteiger partial charge in [0, 0.05) is 16.6 Å².